The number of para-hydroxylation sites is 1. The quantitative estimate of drug-likeness (QED) is 0.622. The summed E-state index contributed by atoms with van der Waals surface area (Å²) in [6.07, 6.45) is 3.53. The lowest BCUT2D eigenvalue weighted by molar-refractivity contribution is -0.122. The number of likely N-dealkylation sites (N-methyl/N-ethyl adjacent to an activating group) is 1. The predicted molar refractivity (Wildman–Crippen MR) is 81.2 cm³/mol. The Morgan fingerprint density at radius 2 is 2.10 bits per heavy atom. The number of nitrogens with zero attached hydrogens (tertiary/aromatic N) is 4. The number of benzene rings is 1. The van der Waals surface area contributed by atoms with Gasteiger partial charge in [-0.1, -0.05) is 23.4 Å². The summed E-state index contributed by atoms with van der Waals surface area (Å²) in [6, 6.07) is 9.39. The number of carbonyl (C=O) groups is 1. The molecule has 0 spiro atoms. The average Bonchev–Trinajstić information content (AvgIpc) is 2.94. The summed E-state index contributed by atoms with van der Waals surface area (Å²) < 4.78 is 1.68. The number of anilines is 1. The van der Waals surface area contributed by atoms with Crippen LogP contribution in [0.3, 0.4) is 0 Å². The maximum Gasteiger partial charge on any atom is 0.267 e. The topological polar surface area (TPSA) is 59.7 Å². The van der Waals surface area contributed by atoms with Crippen LogP contribution in [-0.4, -0.2) is 35.1 Å². The van der Waals surface area contributed by atoms with Crippen LogP contribution in [0.15, 0.2) is 47.9 Å². The number of hydrogen-bond acceptors (Lipinski definition) is 4. The Balaban J connectivity index is 1.89. The minimum atomic E-state index is -0.163. The lowest BCUT2D eigenvalue weighted by Gasteiger charge is -2.16. The Kier molecular flexibility index (Phi) is 4.71. The molecule has 0 fully saturated rings. The van der Waals surface area contributed by atoms with Gasteiger partial charge in [-0.05, 0) is 19.1 Å². The molecule has 0 saturated heterocycles. The van der Waals surface area contributed by atoms with Crippen molar-refractivity contribution in [3.63, 3.8) is 0 Å². The van der Waals surface area contributed by atoms with Crippen LogP contribution in [0.1, 0.15) is 12.5 Å². The summed E-state index contributed by atoms with van der Waals surface area (Å²) >= 11 is 0. The van der Waals surface area contributed by atoms with Gasteiger partial charge in [-0.3, -0.25) is 9.48 Å². The van der Waals surface area contributed by atoms with Crippen LogP contribution in [0.2, 0.25) is 0 Å². The van der Waals surface area contributed by atoms with Crippen molar-refractivity contribution in [3.05, 3.63) is 48.3 Å². The van der Waals surface area contributed by atoms with E-state index in [0.717, 1.165) is 11.3 Å². The number of aromatic nitrogens is 2. The summed E-state index contributed by atoms with van der Waals surface area (Å²) in [6.45, 7) is 1.70. The van der Waals surface area contributed by atoms with Crippen LogP contribution in [0.5, 0.6) is 0 Å². The van der Waals surface area contributed by atoms with Crippen LogP contribution in [-0.2, 0) is 16.7 Å². The minimum Gasteiger partial charge on any atom is -0.385 e. The smallest absolute Gasteiger partial charge is 0.267 e. The van der Waals surface area contributed by atoms with Crippen LogP contribution < -0.4 is 4.90 Å². The molecular weight excluding hydrogens is 268 g/mol. The van der Waals surface area contributed by atoms with Crippen molar-refractivity contribution in [3.8, 4) is 0 Å². The normalized spacial score (nSPS) is 11.3. The molecule has 1 heterocycles. The van der Waals surface area contributed by atoms with Gasteiger partial charge >= 0.3 is 0 Å². The second-order valence-corrected chi connectivity index (χ2v) is 4.64. The first-order valence-electron chi connectivity index (χ1n) is 6.55. The summed E-state index contributed by atoms with van der Waals surface area (Å²) in [5, 5.41) is 7.99. The molecule has 0 aliphatic carbocycles. The van der Waals surface area contributed by atoms with Gasteiger partial charge in [0.25, 0.3) is 5.91 Å². The first-order valence-corrected chi connectivity index (χ1v) is 6.55. The number of carbonyl (C=O) groups excluding carboxylic acids is 1. The summed E-state index contributed by atoms with van der Waals surface area (Å²) in [5.41, 5.74) is 2.36. The minimum absolute atomic E-state index is 0.108. The zero-order valence-electron chi connectivity index (χ0n) is 12.4. The SMILES string of the molecule is CC(=NOCC(=O)N(C)c1ccccc1)c1cnn(C)c1. The lowest BCUT2D eigenvalue weighted by Crippen LogP contribution is -2.29. The Morgan fingerprint density at radius 3 is 2.71 bits per heavy atom. The van der Waals surface area contributed by atoms with Gasteiger partial charge in [0.15, 0.2) is 6.61 Å². The maximum atomic E-state index is 12.0. The Bertz CT molecular complexity index is 634. The fourth-order valence-corrected chi connectivity index (χ4v) is 1.74. The Hall–Kier alpha value is -2.63. The summed E-state index contributed by atoms with van der Waals surface area (Å²) in [4.78, 5) is 18.6. The highest BCUT2D eigenvalue weighted by Crippen LogP contribution is 2.11. The van der Waals surface area contributed by atoms with Crippen LogP contribution in [0.4, 0.5) is 5.69 Å². The average molecular weight is 286 g/mol. The van der Waals surface area contributed by atoms with Crippen molar-refractivity contribution >= 4 is 17.3 Å². The van der Waals surface area contributed by atoms with Crippen LogP contribution >= 0.6 is 0 Å². The standard InChI is InChI=1S/C15H18N4O2/c1-12(13-9-16-18(2)10-13)17-21-11-15(20)19(3)14-7-5-4-6-8-14/h4-10H,11H2,1-3H3. The van der Waals surface area contributed by atoms with E-state index in [4.69, 9.17) is 4.84 Å². The zero-order valence-corrected chi connectivity index (χ0v) is 12.4. The molecule has 6 nitrogen and oxygen atoms in total. The molecule has 0 aliphatic heterocycles. The largest absolute Gasteiger partial charge is 0.385 e. The van der Waals surface area contributed by atoms with Crippen LogP contribution in [0, 0.1) is 0 Å². The lowest BCUT2D eigenvalue weighted by atomic mass is 10.2. The number of aryl methyl sites for hydroxylation is 1. The van der Waals surface area contributed by atoms with Gasteiger partial charge in [0.2, 0.25) is 0 Å². The Morgan fingerprint density at radius 1 is 1.38 bits per heavy atom. The first kappa shape index (κ1) is 14.8. The highest BCUT2D eigenvalue weighted by atomic mass is 16.6. The molecule has 0 N–H and O–H groups in total. The van der Waals surface area contributed by atoms with Gasteiger partial charge < -0.3 is 9.74 Å². The molecule has 1 aromatic carbocycles. The van der Waals surface area contributed by atoms with E-state index in [0.29, 0.717) is 5.71 Å². The number of amides is 1. The molecule has 1 aromatic heterocycles. The van der Waals surface area contributed by atoms with Crippen LogP contribution in [0.25, 0.3) is 0 Å². The molecule has 110 valence electrons. The second-order valence-electron chi connectivity index (χ2n) is 4.64. The monoisotopic (exact) mass is 286 g/mol. The third-order valence-corrected chi connectivity index (χ3v) is 3.03. The summed E-state index contributed by atoms with van der Waals surface area (Å²) in [7, 11) is 3.54. The fourth-order valence-electron chi connectivity index (χ4n) is 1.74. The maximum absolute atomic E-state index is 12.0. The highest BCUT2D eigenvalue weighted by Gasteiger charge is 2.11. The van der Waals surface area contributed by atoms with E-state index in [9.17, 15) is 4.79 Å². The number of oxime groups is 1. The molecule has 2 aromatic rings. The molecule has 1 amide bonds. The van der Waals surface area contributed by atoms with Gasteiger partial charge in [0.05, 0.1) is 11.9 Å². The zero-order chi connectivity index (χ0) is 15.2. The fraction of sp³-hybridized carbons (Fsp3) is 0.267. The number of rotatable bonds is 5. The molecular formula is C15H18N4O2. The molecule has 6 heteroatoms. The van der Waals surface area contributed by atoms with Gasteiger partial charge in [0, 0.05) is 31.5 Å². The van der Waals surface area contributed by atoms with Crippen molar-refractivity contribution in [2.24, 2.45) is 12.2 Å². The Labute approximate surface area is 123 Å². The molecule has 0 bridgehead atoms. The number of hydrogen-bond donors (Lipinski definition) is 0. The van der Waals surface area contributed by atoms with E-state index in [1.165, 1.54) is 4.90 Å². The van der Waals surface area contributed by atoms with Crippen molar-refractivity contribution in [2.75, 3.05) is 18.6 Å². The van der Waals surface area contributed by atoms with Crippen molar-refractivity contribution in [1.29, 1.82) is 0 Å². The van der Waals surface area contributed by atoms with E-state index >= 15 is 0 Å². The molecule has 0 unspecified atom stereocenters. The third kappa shape index (κ3) is 3.92. The molecule has 0 saturated carbocycles. The van der Waals surface area contributed by atoms with Gasteiger partial charge in [0.1, 0.15) is 0 Å². The second kappa shape index (κ2) is 6.69. The van der Waals surface area contributed by atoms with E-state index in [-0.39, 0.29) is 12.5 Å². The molecule has 0 radical (unpaired) electrons. The molecule has 0 atom stereocenters. The van der Waals surface area contributed by atoms with Gasteiger partial charge in [-0.15, -0.1) is 0 Å². The third-order valence-electron chi connectivity index (χ3n) is 3.03. The first-order chi connectivity index (χ1) is 10.1. The van der Waals surface area contributed by atoms with Crippen molar-refractivity contribution in [2.45, 2.75) is 6.92 Å². The molecule has 21 heavy (non-hydrogen) atoms. The molecule has 0 aliphatic rings. The van der Waals surface area contributed by atoms with Gasteiger partial charge in [-0.25, -0.2) is 0 Å². The van der Waals surface area contributed by atoms with E-state index < -0.39 is 0 Å². The van der Waals surface area contributed by atoms with Crippen molar-refractivity contribution in [1.82, 2.24) is 9.78 Å². The van der Waals surface area contributed by atoms with Gasteiger partial charge in [-0.2, -0.15) is 5.10 Å². The highest BCUT2D eigenvalue weighted by molar-refractivity contribution is 5.98. The van der Waals surface area contributed by atoms with E-state index in [2.05, 4.69) is 10.3 Å². The predicted octanol–water partition coefficient (Wildman–Crippen LogP) is 1.82. The summed E-state index contributed by atoms with van der Waals surface area (Å²) in [5.74, 6) is -0.163. The molecule has 2 rings (SSSR count). The van der Waals surface area contributed by atoms with E-state index in [1.807, 2.05) is 50.5 Å². The van der Waals surface area contributed by atoms with Crippen molar-refractivity contribution < 1.29 is 9.63 Å². The van der Waals surface area contributed by atoms with E-state index in [1.54, 1.807) is 17.9 Å².